The van der Waals surface area contributed by atoms with E-state index in [0.717, 1.165) is 29.4 Å². The van der Waals surface area contributed by atoms with Crippen LogP contribution in [0.1, 0.15) is 6.42 Å². The van der Waals surface area contributed by atoms with E-state index in [-0.39, 0.29) is 0 Å². The van der Waals surface area contributed by atoms with Gasteiger partial charge >= 0.3 is 0 Å². The van der Waals surface area contributed by atoms with Crippen LogP contribution in [-0.2, 0) is 0 Å². The van der Waals surface area contributed by atoms with Crippen molar-refractivity contribution < 1.29 is 5.11 Å². The van der Waals surface area contributed by atoms with Crippen molar-refractivity contribution in [3.05, 3.63) is 36.4 Å². The third-order valence-electron chi connectivity index (χ3n) is 2.74. The number of rotatable bonds is 5. The predicted octanol–water partition coefficient (Wildman–Crippen LogP) is 3.71. The summed E-state index contributed by atoms with van der Waals surface area (Å²) < 4.78 is 0. The number of anilines is 1. The summed E-state index contributed by atoms with van der Waals surface area (Å²) in [5, 5.41) is 15.2. The molecular weight excluding hydrogens is 230 g/mol. The first-order chi connectivity index (χ1) is 8.33. The maximum absolute atomic E-state index is 9.77. The molecule has 0 fully saturated rings. The largest absolute Gasteiger partial charge is 0.507 e. The van der Waals surface area contributed by atoms with Gasteiger partial charge in [-0.25, -0.2) is 0 Å². The fraction of sp³-hybridized carbons (Fsp3) is 0.286. The van der Waals surface area contributed by atoms with Crippen molar-refractivity contribution in [2.24, 2.45) is 0 Å². The molecule has 0 saturated heterocycles. The van der Waals surface area contributed by atoms with E-state index < -0.39 is 0 Å². The molecule has 0 heterocycles. The van der Waals surface area contributed by atoms with Gasteiger partial charge in [-0.15, -0.1) is 0 Å². The Morgan fingerprint density at radius 2 is 1.88 bits per heavy atom. The van der Waals surface area contributed by atoms with E-state index in [1.54, 1.807) is 6.07 Å². The Hall–Kier alpha value is -1.35. The molecule has 90 valence electrons. The number of aromatic hydroxyl groups is 1. The standard InChI is InChI=1S/C14H17NOS/c1-17-10-4-9-15-13-7-2-6-12-11(13)5-3-8-14(12)16/h2-3,5-8,15-16H,4,9-10H2,1H3. The fourth-order valence-electron chi connectivity index (χ4n) is 1.89. The highest BCUT2D eigenvalue weighted by Gasteiger charge is 2.02. The minimum absolute atomic E-state index is 0.343. The average molecular weight is 247 g/mol. The lowest BCUT2D eigenvalue weighted by Crippen LogP contribution is -2.02. The molecule has 17 heavy (non-hydrogen) atoms. The molecule has 0 atom stereocenters. The summed E-state index contributed by atoms with van der Waals surface area (Å²) in [5.74, 6) is 1.51. The fourth-order valence-corrected chi connectivity index (χ4v) is 2.32. The molecule has 2 aromatic carbocycles. The van der Waals surface area contributed by atoms with Crippen LogP contribution in [0.4, 0.5) is 5.69 Å². The first kappa shape index (κ1) is 12.1. The molecule has 2 N–H and O–H groups in total. The highest BCUT2D eigenvalue weighted by atomic mass is 32.2. The molecule has 2 aromatic rings. The number of hydrogen-bond donors (Lipinski definition) is 2. The van der Waals surface area contributed by atoms with E-state index in [0.29, 0.717) is 5.75 Å². The highest BCUT2D eigenvalue weighted by Crippen LogP contribution is 2.29. The number of hydrogen-bond acceptors (Lipinski definition) is 3. The van der Waals surface area contributed by atoms with Gasteiger partial charge in [0.25, 0.3) is 0 Å². The van der Waals surface area contributed by atoms with Gasteiger partial charge in [0, 0.05) is 23.0 Å². The van der Waals surface area contributed by atoms with Crippen LogP contribution in [0, 0.1) is 0 Å². The van der Waals surface area contributed by atoms with Gasteiger partial charge in [-0.2, -0.15) is 11.8 Å². The summed E-state index contributed by atoms with van der Waals surface area (Å²) in [7, 11) is 0. The Morgan fingerprint density at radius 1 is 1.12 bits per heavy atom. The number of nitrogens with one attached hydrogen (secondary N) is 1. The van der Waals surface area contributed by atoms with Crippen LogP contribution in [0.25, 0.3) is 10.8 Å². The molecule has 0 saturated carbocycles. The predicted molar refractivity (Wildman–Crippen MR) is 77.1 cm³/mol. The third-order valence-corrected chi connectivity index (χ3v) is 3.44. The van der Waals surface area contributed by atoms with E-state index in [9.17, 15) is 5.11 Å². The van der Waals surface area contributed by atoms with Crippen molar-refractivity contribution in [2.75, 3.05) is 23.9 Å². The van der Waals surface area contributed by atoms with Crippen molar-refractivity contribution in [1.29, 1.82) is 0 Å². The van der Waals surface area contributed by atoms with Crippen LogP contribution in [0.15, 0.2) is 36.4 Å². The number of phenols is 1. The third kappa shape index (κ3) is 2.86. The van der Waals surface area contributed by atoms with Crippen molar-refractivity contribution in [3.63, 3.8) is 0 Å². The minimum Gasteiger partial charge on any atom is -0.507 e. The van der Waals surface area contributed by atoms with E-state index in [2.05, 4.69) is 17.6 Å². The van der Waals surface area contributed by atoms with Crippen LogP contribution >= 0.6 is 11.8 Å². The zero-order valence-electron chi connectivity index (χ0n) is 9.94. The second-order valence-electron chi connectivity index (χ2n) is 3.95. The van der Waals surface area contributed by atoms with Gasteiger partial charge in [0.05, 0.1) is 0 Å². The van der Waals surface area contributed by atoms with Crippen LogP contribution in [-0.4, -0.2) is 23.7 Å². The summed E-state index contributed by atoms with van der Waals surface area (Å²) in [5.41, 5.74) is 1.10. The van der Waals surface area contributed by atoms with Gasteiger partial charge in [0.1, 0.15) is 5.75 Å². The average Bonchev–Trinajstić information content (AvgIpc) is 2.36. The van der Waals surface area contributed by atoms with Gasteiger partial charge in [-0.3, -0.25) is 0 Å². The Balaban J connectivity index is 2.19. The SMILES string of the molecule is CSCCCNc1cccc2c(O)cccc12. The lowest BCUT2D eigenvalue weighted by atomic mass is 10.1. The van der Waals surface area contributed by atoms with Gasteiger partial charge in [0.2, 0.25) is 0 Å². The summed E-state index contributed by atoms with van der Waals surface area (Å²) in [6.45, 7) is 0.968. The molecular formula is C14H17NOS. The van der Waals surface area contributed by atoms with Crippen LogP contribution in [0.2, 0.25) is 0 Å². The summed E-state index contributed by atoms with van der Waals surface area (Å²) in [6.07, 6.45) is 3.27. The summed E-state index contributed by atoms with van der Waals surface area (Å²) >= 11 is 1.86. The lowest BCUT2D eigenvalue weighted by Gasteiger charge is -2.10. The maximum atomic E-state index is 9.77. The molecule has 0 aliphatic carbocycles. The molecule has 0 spiro atoms. The smallest absolute Gasteiger partial charge is 0.123 e. The Morgan fingerprint density at radius 3 is 2.71 bits per heavy atom. The van der Waals surface area contributed by atoms with Crippen molar-refractivity contribution in [1.82, 2.24) is 0 Å². The van der Waals surface area contributed by atoms with Gasteiger partial charge in [-0.05, 0) is 30.6 Å². The minimum atomic E-state index is 0.343. The number of thioether (sulfide) groups is 1. The van der Waals surface area contributed by atoms with E-state index in [1.165, 1.54) is 5.75 Å². The monoisotopic (exact) mass is 247 g/mol. The number of fused-ring (bicyclic) bond motifs is 1. The Kier molecular flexibility index (Phi) is 4.15. The van der Waals surface area contributed by atoms with E-state index in [4.69, 9.17) is 0 Å². The second-order valence-corrected chi connectivity index (χ2v) is 4.94. The maximum Gasteiger partial charge on any atom is 0.123 e. The topological polar surface area (TPSA) is 32.3 Å². The first-order valence-corrected chi connectivity index (χ1v) is 7.16. The zero-order chi connectivity index (χ0) is 12.1. The molecule has 2 nitrogen and oxygen atoms in total. The molecule has 0 bridgehead atoms. The quantitative estimate of drug-likeness (QED) is 0.790. The van der Waals surface area contributed by atoms with Crippen LogP contribution in [0.3, 0.4) is 0 Å². The van der Waals surface area contributed by atoms with Crippen molar-refractivity contribution in [3.8, 4) is 5.75 Å². The van der Waals surface area contributed by atoms with Crippen molar-refractivity contribution >= 4 is 28.2 Å². The summed E-state index contributed by atoms with van der Waals surface area (Å²) in [4.78, 5) is 0. The summed E-state index contributed by atoms with van der Waals surface area (Å²) in [6, 6.07) is 11.6. The molecule has 0 amide bonds. The Bertz CT molecular complexity index is 499. The molecule has 0 radical (unpaired) electrons. The Labute approximate surface area is 106 Å². The molecule has 3 heteroatoms. The van der Waals surface area contributed by atoms with E-state index >= 15 is 0 Å². The number of benzene rings is 2. The first-order valence-electron chi connectivity index (χ1n) is 5.76. The number of phenolic OH excluding ortho intramolecular Hbond substituents is 1. The molecule has 0 aromatic heterocycles. The zero-order valence-corrected chi connectivity index (χ0v) is 10.8. The molecule has 0 unspecified atom stereocenters. The molecule has 0 aliphatic heterocycles. The molecule has 0 aliphatic rings. The normalized spacial score (nSPS) is 10.6. The molecule has 2 rings (SSSR count). The van der Waals surface area contributed by atoms with Crippen LogP contribution in [0.5, 0.6) is 5.75 Å². The van der Waals surface area contributed by atoms with Gasteiger partial charge in [0.15, 0.2) is 0 Å². The van der Waals surface area contributed by atoms with E-state index in [1.807, 2.05) is 36.0 Å². The van der Waals surface area contributed by atoms with Gasteiger partial charge < -0.3 is 10.4 Å². The van der Waals surface area contributed by atoms with Gasteiger partial charge in [-0.1, -0.05) is 24.3 Å². The lowest BCUT2D eigenvalue weighted by molar-refractivity contribution is 0.481. The second kappa shape index (κ2) is 5.82. The van der Waals surface area contributed by atoms with Crippen molar-refractivity contribution in [2.45, 2.75) is 6.42 Å². The van der Waals surface area contributed by atoms with Crippen LogP contribution < -0.4 is 5.32 Å². The highest BCUT2D eigenvalue weighted by molar-refractivity contribution is 7.98.